The first-order valence-corrected chi connectivity index (χ1v) is 14.6. The van der Waals surface area contributed by atoms with Gasteiger partial charge in [0.25, 0.3) is 5.91 Å². The SMILES string of the molecule is O=C(NC1CCN(c2ccccc2)C1=O)c1cnc(NNC(=S)NC2c3ccccc3CCc3ccccc32)c(Cl)c1. The standard InChI is InChI=1S/C32H29ClN6O2S/c33-26-18-22(30(40)35-27-16-17-39(31(27)41)23-10-2-1-3-11-23)19-34-29(26)37-38-32(42)36-28-24-12-6-4-8-20(24)14-15-21-9-5-7-13-25(21)28/h1-13,18-19,27-28H,14-17H2,(H,34,37)(H,35,40)(H2,36,38,42). The van der Waals surface area contributed by atoms with Crippen LogP contribution in [-0.4, -0.2) is 34.5 Å². The van der Waals surface area contributed by atoms with Crippen LogP contribution >= 0.6 is 23.8 Å². The number of halogens is 1. The van der Waals surface area contributed by atoms with Gasteiger partial charge in [0.15, 0.2) is 10.9 Å². The van der Waals surface area contributed by atoms with Crippen molar-refractivity contribution < 1.29 is 9.59 Å². The van der Waals surface area contributed by atoms with Crippen LogP contribution in [0.4, 0.5) is 11.5 Å². The second kappa shape index (κ2) is 12.2. The van der Waals surface area contributed by atoms with Gasteiger partial charge in [-0.25, -0.2) is 4.98 Å². The molecular weight excluding hydrogens is 568 g/mol. The Morgan fingerprint density at radius 2 is 1.55 bits per heavy atom. The molecule has 0 saturated carbocycles. The Kier molecular flexibility index (Phi) is 8.03. The number of hydrogen-bond acceptors (Lipinski definition) is 5. The number of hydrogen-bond donors (Lipinski definition) is 4. The molecule has 1 atom stereocenters. The van der Waals surface area contributed by atoms with Gasteiger partial charge in [-0.3, -0.25) is 20.4 Å². The molecule has 0 spiro atoms. The highest BCUT2D eigenvalue weighted by atomic mass is 35.5. The lowest BCUT2D eigenvalue weighted by molar-refractivity contribution is -0.118. The number of aryl methyl sites for hydroxylation is 2. The summed E-state index contributed by atoms with van der Waals surface area (Å²) in [7, 11) is 0. The largest absolute Gasteiger partial charge is 0.350 e. The van der Waals surface area contributed by atoms with Gasteiger partial charge in [0, 0.05) is 18.4 Å². The summed E-state index contributed by atoms with van der Waals surface area (Å²) in [5.41, 5.74) is 11.9. The van der Waals surface area contributed by atoms with Crippen LogP contribution in [-0.2, 0) is 17.6 Å². The summed E-state index contributed by atoms with van der Waals surface area (Å²) >= 11 is 12.1. The first kappa shape index (κ1) is 27.7. The molecule has 42 heavy (non-hydrogen) atoms. The van der Waals surface area contributed by atoms with E-state index in [0.717, 1.165) is 18.5 Å². The van der Waals surface area contributed by atoms with Gasteiger partial charge in [0.2, 0.25) is 5.91 Å². The van der Waals surface area contributed by atoms with E-state index in [4.69, 9.17) is 23.8 Å². The number of amides is 2. The average molecular weight is 597 g/mol. The van der Waals surface area contributed by atoms with Crippen molar-refractivity contribution >= 4 is 52.3 Å². The molecular formula is C32H29ClN6O2S. The zero-order chi connectivity index (χ0) is 29.1. The second-order valence-electron chi connectivity index (χ2n) is 10.2. The van der Waals surface area contributed by atoms with E-state index < -0.39 is 11.9 Å². The molecule has 0 bridgehead atoms. The number of thiocarbonyl (C=S) groups is 1. The van der Waals surface area contributed by atoms with Gasteiger partial charge in [-0.05, 0) is 71.9 Å². The van der Waals surface area contributed by atoms with Crippen LogP contribution in [0.15, 0.2) is 91.1 Å². The van der Waals surface area contributed by atoms with Crippen molar-refractivity contribution in [2.24, 2.45) is 0 Å². The van der Waals surface area contributed by atoms with Gasteiger partial charge >= 0.3 is 0 Å². The topological polar surface area (TPSA) is 98.4 Å². The molecule has 1 aliphatic heterocycles. The number of benzene rings is 3. The van der Waals surface area contributed by atoms with Crippen molar-refractivity contribution in [1.82, 2.24) is 21.0 Å². The monoisotopic (exact) mass is 596 g/mol. The van der Waals surface area contributed by atoms with Gasteiger partial charge in [-0.1, -0.05) is 78.3 Å². The summed E-state index contributed by atoms with van der Waals surface area (Å²) in [5, 5.41) is 6.85. The summed E-state index contributed by atoms with van der Waals surface area (Å²) in [6, 6.07) is 27.0. The molecule has 1 aliphatic carbocycles. The van der Waals surface area contributed by atoms with Gasteiger partial charge in [-0.15, -0.1) is 0 Å². The molecule has 1 saturated heterocycles. The summed E-state index contributed by atoms with van der Waals surface area (Å²) in [5.74, 6) is -0.248. The Hall–Kier alpha value is -4.47. The maximum atomic E-state index is 12.9. The highest BCUT2D eigenvalue weighted by Crippen LogP contribution is 2.32. The normalized spacial score (nSPS) is 16.2. The number of carbonyl (C=O) groups is 2. The third-order valence-corrected chi connectivity index (χ3v) is 8.16. The third-order valence-electron chi connectivity index (χ3n) is 7.65. The van der Waals surface area contributed by atoms with Crippen LogP contribution in [0, 0.1) is 0 Å². The Morgan fingerprint density at radius 1 is 0.905 bits per heavy atom. The van der Waals surface area contributed by atoms with Crippen LogP contribution in [0.3, 0.4) is 0 Å². The molecule has 2 heterocycles. The fourth-order valence-electron chi connectivity index (χ4n) is 5.54. The predicted molar refractivity (Wildman–Crippen MR) is 169 cm³/mol. The maximum Gasteiger partial charge on any atom is 0.253 e. The van der Waals surface area contributed by atoms with E-state index in [1.807, 2.05) is 42.5 Å². The Labute approximate surface area is 254 Å². The van der Waals surface area contributed by atoms with Crippen molar-refractivity contribution in [3.8, 4) is 0 Å². The summed E-state index contributed by atoms with van der Waals surface area (Å²) in [6.45, 7) is 0.535. The summed E-state index contributed by atoms with van der Waals surface area (Å²) in [4.78, 5) is 31.8. The minimum atomic E-state index is -0.612. The number of anilines is 2. The van der Waals surface area contributed by atoms with E-state index in [0.29, 0.717) is 23.9 Å². The van der Waals surface area contributed by atoms with Crippen molar-refractivity contribution in [1.29, 1.82) is 0 Å². The van der Waals surface area contributed by atoms with Crippen LogP contribution in [0.25, 0.3) is 0 Å². The van der Waals surface area contributed by atoms with Crippen molar-refractivity contribution in [3.05, 3.63) is 124 Å². The lowest BCUT2D eigenvalue weighted by Gasteiger charge is -2.24. The van der Waals surface area contributed by atoms with E-state index in [1.165, 1.54) is 34.5 Å². The number of pyridine rings is 1. The summed E-state index contributed by atoms with van der Waals surface area (Å²) < 4.78 is 0. The number of carbonyl (C=O) groups excluding carboxylic acids is 2. The van der Waals surface area contributed by atoms with E-state index >= 15 is 0 Å². The first-order valence-electron chi connectivity index (χ1n) is 13.8. The van der Waals surface area contributed by atoms with Crippen LogP contribution < -0.4 is 26.4 Å². The number of aromatic nitrogens is 1. The van der Waals surface area contributed by atoms with Gasteiger partial charge in [0.1, 0.15) is 6.04 Å². The van der Waals surface area contributed by atoms with Crippen LogP contribution in [0.1, 0.15) is 45.1 Å². The van der Waals surface area contributed by atoms with Crippen molar-refractivity contribution in [2.75, 3.05) is 16.9 Å². The van der Waals surface area contributed by atoms with E-state index in [9.17, 15) is 9.59 Å². The zero-order valence-corrected chi connectivity index (χ0v) is 24.2. The van der Waals surface area contributed by atoms with Crippen molar-refractivity contribution in [2.45, 2.75) is 31.3 Å². The molecule has 4 N–H and O–H groups in total. The fraction of sp³-hybridized carbons (Fsp3) is 0.188. The number of nitrogens with zero attached hydrogens (tertiary/aromatic N) is 2. The highest BCUT2D eigenvalue weighted by molar-refractivity contribution is 7.80. The molecule has 1 aromatic heterocycles. The zero-order valence-electron chi connectivity index (χ0n) is 22.6. The quantitative estimate of drug-likeness (QED) is 0.185. The second-order valence-corrected chi connectivity index (χ2v) is 11.1. The number of rotatable bonds is 6. The maximum absolute atomic E-state index is 12.9. The molecule has 2 aliphatic rings. The number of para-hydroxylation sites is 1. The summed E-state index contributed by atoms with van der Waals surface area (Å²) in [6.07, 6.45) is 3.85. The highest BCUT2D eigenvalue weighted by Gasteiger charge is 2.34. The first-order chi connectivity index (χ1) is 20.5. The van der Waals surface area contributed by atoms with E-state index in [-0.39, 0.29) is 22.5 Å². The number of hydrazine groups is 1. The van der Waals surface area contributed by atoms with Gasteiger partial charge in [-0.2, -0.15) is 0 Å². The molecule has 2 amide bonds. The molecule has 1 unspecified atom stereocenters. The number of nitrogens with one attached hydrogen (secondary N) is 4. The Bertz CT molecular complexity index is 1600. The van der Waals surface area contributed by atoms with Gasteiger partial charge in [0.05, 0.1) is 16.6 Å². The third kappa shape index (κ3) is 5.79. The van der Waals surface area contributed by atoms with Gasteiger partial charge < -0.3 is 15.5 Å². The Morgan fingerprint density at radius 3 is 2.21 bits per heavy atom. The Balaban J connectivity index is 1.08. The lowest BCUT2D eigenvalue weighted by Crippen LogP contribution is -2.42. The van der Waals surface area contributed by atoms with E-state index in [1.54, 1.807) is 4.90 Å². The van der Waals surface area contributed by atoms with Crippen LogP contribution in [0.5, 0.6) is 0 Å². The van der Waals surface area contributed by atoms with Crippen molar-refractivity contribution in [3.63, 3.8) is 0 Å². The number of fused-ring (bicyclic) bond motifs is 2. The molecule has 212 valence electrons. The minimum Gasteiger partial charge on any atom is -0.350 e. The van der Waals surface area contributed by atoms with E-state index in [2.05, 4.69) is 62.9 Å². The lowest BCUT2D eigenvalue weighted by atomic mass is 9.95. The van der Waals surface area contributed by atoms with Crippen LogP contribution in [0.2, 0.25) is 5.02 Å². The fourth-order valence-corrected chi connectivity index (χ4v) is 5.92. The molecule has 1 fully saturated rings. The minimum absolute atomic E-state index is 0.118. The molecule has 0 radical (unpaired) electrons. The molecule has 3 aromatic carbocycles. The smallest absolute Gasteiger partial charge is 0.253 e. The average Bonchev–Trinajstić information content (AvgIpc) is 3.30. The predicted octanol–water partition coefficient (Wildman–Crippen LogP) is 4.95. The molecule has 8 nitrogen and oxygen atoms in total. The molecule has 4 aromatic rings. The molecule has 6 rings (SSSR count). The molecule has 10 heteroatoms.